The summed E-state index contributed by atoms with van der Waals surface area (Å²) < 4.78 is 0. The zero-order chi connectivity index (χ0) is 11.3. The molecule has 1 rings (SSSR count). The first kappa shape index (κ1) is 12.1. The minimum atomic E-state index is 0.673. The van der Waals surface area contributed by atoms with E-state index in [1.54, 1.807) is 0 Å². The third-order valence-electron chi connectivity index (χ3n) is 2.95. The van der Waals surface area contributed by atoms with Crippen LogP contribution < -0.4 is 5.73 Å². The van der Waals surface area contributed by atoms with Crippen LogP contribution >= 0.6 is 0 Å². The molecule has 0 saturated heterocycles. The van der Waals surface area contributed by atoms with Crippen LogP contribution in [0.1, 0.15) is 32.3 Å². The number of hydrogen-bond donors (Lipinski definition) is 1. The molecule has 0 radical (unpaired) electrons. The summed E-state index contributed by atoms with van der Waals surface area (Å²) in [7, 11) is 2.18. The molecule has 0 saturated carbocycles. The molecule has 0 aliphatic heterocycles. The van der Waals surface area contributed by atoms with Gasteiger partial charge in [-0.3, -0.25) is 4.90 Å². The number of nitrogens with two attached hydrogens (primary N) is 1. The van der Waals surface area contributed by atoms with E-state index in [1.807, 2.05) is 12.1 Å². The first-order chi connectivity index (χ1) is 7.17. The lowest BCUT2D eigenvalue weighted by Crippen LogP contribution is -2.29. The Bertz CT molecular complexity index is 292. The highest BCUT2D eigenvalue weighted by Crippen LogP contribution is 2.13. The average Bonchev–Trinajstić information content (AvgIpc) is 2.19. The maximum Gasteiger partial charge on any atom is 0.0317 e. The normalized spacial score (nSPS) is 11.3. The lowest BCUT2D eigenvalue weighted by molar-refractivity contribution is 0.222. The number of rotatable bonds is 5. The van der Waals surface area contributed by atoms with Gasteiger partial charge in [-0.1, -0.05) is 26.0 Å². The molecular formula is C13H22N2. The van der Waals surface area contributed by atoms with Gasteiger partial charge in [-0.25, -0.2) is 0 Å². The fraction of sp³-hybridized carbons (Fsp3) is 0.538. The van der Waals surface area contributed by atoms with Crippen molar-refractivity contribution < 1.29 is 0 Å². The highest BCUT2D eigenvalue weighted by molar-refractivity contribution is 5.40. The van der Waals surface area contributed by atoms with Crippen LogP contribution in [0.5, 0.6) is 0 Å². The number of anilines is 1. The van der Waals surface area contributed by atoms with E-state index in [9.17, 15) is 0 Å². The zero-order valence-electron chi connectivity index (χ0n) is 10.0. The molecular weight excluding hydrogens is 184 g/mol. The highest BCUT2D eigenvalue weighted by atomic mass is 15.1. The van der Waals surface area contributed by atoms with E-state index in [0.717, 1.165) is 12.2 Å². The smallest absolute Gasteiger partial charge is 0.0317 e. The lowest BCUT2D eigenvalue weighted by Gasteiger charge is -2.26. The van der Waals surface area contributed by atoms with E-state index in [0.29, 0.717) is 6.04 Å². The fourth-order valence-electron chi connectivity index (χ4n) is 2.02. The molecule has 1 aromatic carbocycles. The predicted octanol–water partition coefficient (Wildman–Crippen LogP) is 2.89. The molecule has 0 aromatic heterocycles. The number of nitrogens with zero attached hydrogens (tertiary/aromatic N) is 1. The Balaban J connectivity index is 2.61. The summed E-state index contributed by atoms with van der Waals surface area (Å²) in [5.41, 5.74) is 7.90. The van der Waals surface area contributed by atoms with Crippen LogP contribution in [0, 0.1) is 0 Å². The summed E-state index contributed by atoms with van der Waals surface area (Å²) in [6.45, 7) is 5.46. The van der Waals surface area contributed by atoms with E-state index in [-0.39, 0.29) is 0 Å². The van der Waals surface area contributed by atoms with Crippen molar-refractivity contribution in [1.29, 1.82) is 0 Å². The SMILES string of the molecule is CCC(CC)N(C)Cc1cccc(N)c1. The monoisotopic (exact) mass is 206 g/mol. The van der Waals surface area contributed by atoms with Crippen molar-refractivity contribution >= 4 is 5.69 Å². The van der Waals surface area contributed by atoms with Gasteiger partial charge in [0, 0.05) is 18.3 Å². The molecule has 0 bridgehead atoms. The molecule has 2 nitrogen and oxygen atoms in total. The van der Waals surface area contributed by atoms with Crippen molar-refractivity contribution in [3.63, 3.8) is 0 Å². The van der Waals surface area contributed by atoms with Crippen LogP contribution in [-0.4, -0.2) is 18.0 Å². The molecule has 0 fully saturated rings. The Labute approximate surface area is 93.1 Å². The second kappa shape index (κ2) is 5.76. The average molecular weight is 206 g/mol. The molecule has 2 heteroatoms. The van der Waals surface area contributed by atoms with E-state index < -0.39 is 0 Å². The molecule has 0 atom stereocenters. The summed E-state index contributed by atoms with van der Waals surface area (Å²) in [6, 6.07) is 8.81. The Morgan fingerprint density at radius 2 is 1.93 bits per heavy atom. The van der Waals surface area contributed by atoms with Crippen molar-refractivity contribution in [2.75, 3.05) is 12.8 Å². The van der Waals surface area contributed by atoms with Crippen molar-refractivity contribution in [2.45, 2.75) is 39.3 Å². The summed E-state index contributed by atoms with van der Waals surface area (Å²) in [6.07, 6.45) is 2.41. The van der Waals surface area contributed by atoms with Crippen LogP contribution in [0.4, 0.5) is 5.69 Å². The van der Waals surface area contributed by atoms with Crippen LogP contribution in [-0.2, 0) is 6.54 Å². The van der Waals surface area contributed by atoms with Crippen LogP contribution in [0.3, 0.4) is 0 Å². The Kier molecular flexibility index (Phi) is 4.63. The first-order valence-corrected chi connectivity index (χ1v) is 5.72. The van der Waals surface area contributed by atoms with Gasteiger partial charge in [0.2, 0.25) is 0 Å². The van der Waals surface area contributed by atoms with Gasteiger partial charge in [-0.2, -0.15) is 0 Å². The Hall–Kier alpha value is -1.02. The van der Waals surface area contributed by atoms with Gasteiger partial charge in [0.25, 0.3) is 0 Å². The van der Waals surface area contributed by atoms with Gasteiger partial charge in [0.1, 0.15) is 0 Å². The highest BCUT2D eigenvalue weighted by Gasteiger charge is 2.10. The third-order valence-corrected chi connectivity index (χ3v) is 2.95. The largest absolute Gasteiger partial charge is 0.399 e. The molecule has 0 aliphatic carbocycles. The van der Waals surface area contributed by atoms with E-state index >= 15 is 0 Å². The summed E-state index contributed by atoms with van der Waals surface area (Å²) >= 11 is 0. The Morgan fingerprint density at radius 1 is 1.27 bits per heavy atom. The summed E-state index contributed by atoms with van der Waals surface area (Å²) in [4.78, 5) is 2.40. The van der Waals surface area contributed by atoms with Crippen LogP contribution in [0.2, 0.25) is 0 Å². The molecule has 15 heavy (non-hydrogen) atoms. The van der Waals surface area contributed by atoms with Crippen molar-refractivity contribution in [1.82, 2.24) is 4.90 Å². The quantitative estimate of drug-likeness (QED) is 0.751. The van der Waals surface area contributed by atoms with Gasteiger partial charge < -0.3 is 5.73 Å². The van der Waals surface area contributed by atoms with Crippen molar-refractivity contribution in [2.24, 2.45) is 0 Å². The van der Waals surface area contributed by atoms with E-state index in [4.69, 9.17) is 5.73 Å². The standard InChI is InChI=1S/C13H22N2/c1-4-13(5-2)15(3)10-11-7-6-8-12(14)9-11/h6-9,13H,4-5,10,14H2,1-3H3. The maximum atomic E-state index is 5.76. The topological polar surface area (TPSA) is 29.3 Å². The van der Waals surface area contributed by atoms with E-state index in [2.05, 4.69) is 37.9 Å². The summed E-state index contributed by atoms with van der Waals surface area (Å²) in [5, 5.41) is 0. The number of hydrogen-bond acceptors (Lipinski definition) is 2. The number of benzene rings is 1. The zero-order valence-corrected chi connectivity index (χ0v) is 10.0. The van der Waals surface area contributed by atoms with Gasteiger partial charge in [-0.15, -0.1) is 0 Å². The molecule has 0 amide bonds. The van der Waals surface area contributed by atoms with E-state index in [1.165, 1.54) is 18.4 Å². The second-order valence-corrected chi connectivity index (χ2v) is 4.13. The molecule has 0 spiro atoms. The van der Waals surface area contributed by atoms with Gasteiger partial charge >= 0.3 is 0 Å². The first-order valence-electron chi connectivity index (χ1n) is 5.72. The fourth-order valence-corrected chi connectivity index (χ4v) is 2.02. The van der Waals surface area contributed by atoms with Crippen LogP contribution in [0.15, 0.2) is 24.3 Å². The molecule has 2 N–H and O–H groups in total. The maximum absolute atomic E-state index is 5.76. The predicted molar refractivity (Wildman–Crippen MR) is 66.7 cm³/mol. The lowest BCUT2D eigenvalue weighted by atomic mass is 10.1. The Morgan fingerprint density at radius 3 is 2.47 bits per heavy atom. The molecule has 1 aromatic rings. The second-order valence-electron chi connectivity index (χ2n) is 4.13. The van der Waals surface area contributed by atoms with Gasteiger partial charge in [0.05, 0.1) is 0 Å². The number of nitrogen functional groups attached to an aromatic ring is 1. The molecule has 0 unspecified atom stereocenters. The third kappa shape index (κ3) is 3.56. The van der Waals surface area contributed by atoms with Gasteiger partial charge in [0.15, 0.2) is 0 Å². The van der Waals surface area contributed by atoms with Crippen LogP contribution in [0.25, 0.3) is 0 Å². The van der Waals surface area contributed by atoms with Crippen molar-refractivity contribution in [3.05, 3.63) is 29.8 Å². The van der Waals surface area contributed by atoms with Crippen molar-refractivity contribution in [3.8, 4) is 0 Å². The molecule has 0 aliphatic rings. The minimum Gasteiger partial charge on any atom is -0.399 e. The summed E-state index contributed by atoms with van der Waals surface area (Å²) in [5.74, 6) is 0. The molecule has 84 valence electrons. The van der Waals surface area contributed by atoms with Gasteiger partial charge in [-0.05, 0) is 37.6 Å². The molecule has 0 heterocycles. The minimum absolute atomic E-state index is 0.673.